The minimum absolute atomic E-state index is 0.107. The zero-order chi connectivity index (χ0) is 18.3. The van der Waals surface area contributed by atoms with E-state index in [1.54, 1.807) is 0 Å². The zero-order valence-corrected chi connectivity index (χ0v) is 16.6. The Labute approximate surface area is 148 Å². The van der Waals surface area contributed by atoms with Gasteiger partial charge in [0.1, 0.15) is 0 Å². The lowest BCUT2D eigenvalue weighted by Crippen LogP contribution is -2.58. The molecule has 0 spiro atoms. The van der Waals surface area contributed by atoms with E-state index in [-0.39, 0.29) is 23.5 Å². The maximum atomic E-state index is 12.3. The second-order valence-electron chi connectivity index (χ2n) is 7.97. The fraction of sp³-hybridized carbons (Fsp3) is 0.947. The van der Waals surface area contributed by atoms with E-state index < -0.39 is 0 Å². The van der Waals surface area contributed by atoms with Crippen LogP contribution in [0, 0.1) is 5.41 Å². The first kappa shape index (κ1) is 21.4. The monoisotopic (exact) mass is 341 g/mol. The molecule has 0 saturated carbocycles. The normalized spacial score (nSPS) is 25.9. The van der Waals surface area contributed by atoms with E-state index in [1.807, 2.05) is 13.8 Å². The first-order chi connectivity index (χ1) is 11.3. The van der Waals surface area contributed by atoms with Crippen molar-refractivity contribution in [2.75, 3.05) is 32.7 Å². The fourth-order valence-corrected chi connectivity index (χ4v) is 3.63. The highest BCUT2D eigenvalue weighted by atomic mass is 16.3. The summed E-state index contributed by atoms with van der Waals surface area (Å²) in [6.07, 6.45) is 2.41. The van der Waals surface area contributed by atoms with E-state index in [0.29, 0.717) is 12.6 Å². The lowest BCUT2D eigenvalue weighted by atomic mass is 9.78. The summed E-state index contributed by atoms with van der Waals surface area (Å²) in [4.78, 5) is 17.0. The number of carbonyl (C=O) groups is 1. The molecule has 2 aliphatic rings. The molecule has 142 valence electrons. The Morgan fingerprint density at radius 2 is 1.75 bits per heavy atom. The minimum Gasteiger partial charge on any atom is -0.393 e. The van der Waals surface area contributed by atoms with Crippen molar-refractivity contribution < 1.29 is 9.90 Å². The molecule has 0 aromatic rings. The molecule has 0 aromatic heterocycles. The van der Waals surface area contributed by atoms with Crippen LogP contribution in [0.1, 0.15) is 60.8 Å². The van der Waals surface area contributed by atoms with Crippen molar-refractivity contribution >= 4 is 5.91 Å². The maximum Gasteiger partial charge on any atom is 0.234 e. The largest absolute Gasteiger partial charge is 0.393 e. The lowest BCUT2D eigenvalue weighted by Gasteiger charge is -2.46. The van der Waals surface area contributed by atoms with Gasteiger partial charge in [-0.2, -0.15) is 0 Å². The van der Waals surface area contributed by atoms with Gasteiger partial charge in [0.15, 0.2) is 0 Å². The van der Waals surface area contributed by atoms with Gasteiger partial charge >= 0.3 is 0 Å². The number of piperidine rings is 2. The average molecular weight is 342 g/mol. The summed E-state index contributed by atoms with van der Waals surface area (Å²) in [5.74, 6) is 0.132. The summed E-state index contributed by atoms with van der Waals surface area (Å²) in [5.41, 5.74) is 0.107. The number of likely N-dealkylation sites (tertiary alicyclic amines) is 2. The van der Waals surface area contributed by atoms with Crippen molar-refractivity contribution in [2.24, 2.45) is 5.41 Å². The molecule has 5 nitrogen and oxygen atoms in total. The second-order valence-corrected chi connectivity index (χ2v) is 7.97. The number of nitrogens with one attached hydrogen (secondary N) is 1. The van der Waals surface area contributed by atoms with E-state index in [2.05, 4.69) is 42.8 Å². The Kier molecular flexibility index (Phi) is 8.68. The molecule has 1 amide bonds. The van der Waals surface area contributed by atoms with Crippen molar-refractivity contribution in [3.05, 3.63) is 0 Å². The number of aliphatic hydroxyl groups is 1. The maximum absolute atomic E-state index is 12.3. The number of carbonyl (C=O) groups excluding carboxylic acids is 1. The highest BCUT2D eigenvalue weighted by Gasteiger charge is 2.37. The molecular formula is C19H39N3O2. The third kappa shape index (κ3) is 6.34. The van der Waals surface area contributed by atoms with Crippen LogP contribution < -0.4 is 5.32 Å². The van der Waals surface area contributed by atoms with Crippen LogP contribution in [0.25, 0.3) is 0 Å². The molecule has 1 unspecified atom stereocenters. The van der Waals surface area contributed by atoms with Crippen LogP contribution >= 0.6 is 0 Å². The van der Waals surface area contributed by atoms with Gasteiger partial charge in [0, 0.05) is 38.3 Å². The van der Waals surface area contributed by atoms with Crippen molar-refractivity contribution in [3.8, 4) is 0 Å². The van der Waals surface area contributed by atoms with Gasteiger partial charge in [-0.1, -0.05) is 27.7 Å². The number of nitrogens with zero attached hydrogens (tertiary/aromatic N) is 2. The Balaban J connectivity index is 0.00000139. The molecule has 0 aromatic carbocycles. The highest BCUT2D eigenvalue weighted by Crippen LogP contribution is 2.30. The van der Waals surface area contributed by atoms with Crippen molar-refractivity contribution in [2.45, 2.75) is 79.0 Å². The summed E-state index contributed by atoms with van der Waals surface area (Å²) in [7, 11) is 0. The van der Waals surface area contributed by atoms with Crippen LogP contribution in [0.3, 0.4) is 0 Å². The van der Waals surface area contributed by atoms with Gasteiger partial charge in [-0.05, 0) is 38.5 Å². The number of rotatable bonds is 4. The van der Waals surface area contributed by atoms with E-state index in [9.17, 15) is 9.90 Å². The van der Waals surface area contributed by atoms with Gasteiger partial charge in [-0.25, -0.2) is 0 Å². The van der Waals surface area contributed by atoms with Gasteiger partial charge < -0.3 is 15.3 Å². The Hall–Kier alpha value is -0.650. The predicted molar refractivity (Wildman–Crippen MR) is 100 cm³/mol. The number of hydrogen-bond donors (Lipinski definition) is 2. The molecule has 0 radical (unpaired) electrons. The van der Waals surface area contributed by atoms with Crippen LogP contribution in [0.2, 0.25) is 0 Å². The SMILES string of the molecule is CC.CC(C)N1CCC(NC(=O)CN2CCC(O)CC2)C(C)(C)C1. The van der Waals surface area contributed by atoms with Crippen LogP contribution in [-0.2, 0) is 4.79 Å². The molecule has 2 saturated heterocycles. The molecule has 24 heavy (non-hydrogen) atoms. The Morgan fingerprint density at radius 1 is 1.17 bits per heavy atom. The molecule has 5 heteroatoms. The molecule has 0 bridgehead atoms. The average Bonchev–Trinajstić information content (AvgIpc) is 2.53. The molecular weight excluding hydrogens is 302 g/mol. The summed E-state index contributed by atoms with van der Waals surface area (Å²) in [5, 5.41) is 12.8. The fourth-order valence-electron chi connectivity index (χ4n) is 3.63. The zero-order valence-electron chi connectivity index (χ0n) is 16.6. The quantitative estimate of drug-likeness (QED) is 0.822. The molecule has 2 rings (SSSR count). The molecule has 2 fully saturated rings. The molecule has 2 N–H and O–H groups in total. The van der Waals surface area contributed by atoms with Gasteiger partial charge in [-0.3, -0.25) is 9.69 Å². The van der Waals surface area contributed by atoms with Crippen molar-refractivity contribution in [1.29, 1.82) is 0 Å². The van der Waals surface area contributed by atoms with Gasteiger partial charge in [0.05, 0.1) is 12.6 Å². The van der Waals surface area contributed by atoms with E-state index >= 15 is 0 Å². The minimum atomic E-state index is -0.182. The standard InChI is InChI=1S/C17H33N3O2.C2H6/c1-13(2)20-10-7-15(17(3,4)12-20)18-16(22)11-19-8-5-14(21)6-9-19;1-2/h13-15,21H,5-12H2,1-4H3,(H,18,22);1-2H3. The van der Waals surface area contributed by atoms with Gasteiger partial charge in [0.25, 0.3) is 0 Å². The van der Waals surface area contributed by atoms with Crippen LogP contribution in [0.15, 0.2) is 0 Å². The lowest BCUT2D eigenvalue weighted by molar-refractivity contribution is -0.125. The summed E-state index contributed by atoms with van der Waals surface area (Å²) in [6, 6.07) is 0.820. The summed E-state index contributed by atoms with van der Waals surface area (Å²) >= 11 is 0. The number of amides is 1. The first-order valence-corrected chi connectivity index (χ1v) is 9.72. The van der Waals surface area contributed by atoms with Crippen LogP contribution in [0.5, 0.6) is 0 Å². The van der Waals surface area contributed by atoms with Crippen molar-refractivity contribution in [3.63, 3.8) is 0 Å². The van der Waals surface area contributed by atoms with Crippen molar-refractivity contribution in [1.82, 2.24) is 15.1 Å². The first-order valence-electron chi connectivity index (χ1n) is 9.72. The second kappa shape index (κ2) is 9.73. The highest BCUT2D eigenvalue weighted by molar-refractivity contribution is 5.78. The molecule has 2 aliphatic heterocycles. The number of hydrogen-bond acceptors (Lipinski definition) is 4. The van der Waals surface area contributed by atoms with Gasteiger partial charge in [0.2, 0.25) is 5.91 Å². The predicted octanol–water partition coefficient (Wildman–Crippen LogP) is 2.09. The number of aliphatic hydroxyl groups excluding tert-OH is 1. The van der Waals surface area contributed by atoms with Crippen LogP contribution in [-0.4, -0.2) is 71.7 Å². The molecule has 0 aliphatic carbocycles. The topological polar surface area (TPSA) is 55.8 Å². The molecule has 1 atom stereocenters. The molecule has 2 heterocycles. The Bertz CT molecular complexity index is 377. The Morgan fingerprint density at radius 3 is 2.25 bits per heavy atom. The van der Waals surface area contributed by atoms with E-state index in [1.165, 1.54) is 0 Å². The summed E-state index contributed by atoms with van der Waals surface area (Å²) < 4.78 is 0. The van der Waals surface area contributed by atoms with Gasteiger partial charge in [-0.15, -0.1) is 0 Å². The van der Waals surface area contributed by atoms with Crippen LogP contribution in [0.4, 0.5) is 0 Å². The third-order valence-corrected chi connectivity index (χ3v) is 5.25. The smallest absolute Gasteiger partial charge is 0.234 e. The van der Waals surface area contributed by atoms with E-state index in [0.717, 1.165) is 45.4 Å². The summed E-state index contributed by atoms with van der Waals surface area (Å²) in [6.45, 7) is 17.2. The van der Waals surface area contributed by atoms with E-state index in [4.69, 9.17) is 0 Å². The third-order valence-electron chi connectivity index (χ3n) is 5.25.